The molecule has 3 aromatic rings. The summed E-state index contributed by atoms with van der Waals surface area (Å²) in [6.45, 7) is 2.24. The van der Waals surface area contributed by atoms with Crippen LogP contribution in [0.5, 0.6) is 5.75 Å². The normalized spacial score (nSPS) is 12.8. The van der Waals surface area contributed by atoms with Crippen molar-refractivity contribution in [3.05, 3.63) is 92.7 Å². The van der Waals surface area contributed by atoms with Crippen LogP contribution in [0.2, 0.25) is 10.0 Å². The average molecular weight is 518 g/mol. The third kappa shape index (κ3) is 8.19. The van der Waals surface area contributed by atoms with Crippen molar-refractivity contribution in [3.8, 4) is 5.75 Å². The Labute approximate surface area is 214 Å². The standard InChI is InChI=1S/C26H29Cl2N3O4/c1-16(29-14-25(34)22-7-8-24(33)23(15-32)31-22)9-17-3-2-4-18(10-17)12-26(35)30-13-19-5-6-20(27)21(28)11-19/h2-8,10-11,16,25,29,32-34H,9,12-15H2,1H3,(H,30,35). The maximum atomic E-state index is 12.4. The highest BCUT2D eigenvalue weighted by Crippen LogP contribution is 2.22. The van der Waals surface area contributed by atoms with E-state index < -0.39 is 12.7 Å². The summed E-state index contributed by atoms with van der Waals surface area (Å²) in [6, 6.07) is 16.1. The van der Waals surface area contributed by atoms with Crippen molar-refractivity contribution < 1.29 is 20.1 Å². The number of nitrogens with zero attached hydrogens (tertiary/aromatic N) is 1. The van der Waals surface area contributed by atoms with Gasteiger partial charge in [-0.05, 0) is 54.3 Å². The second-order valence-electron chi connectivity index (χ2n) is 8.41. The first kappa shape index (κ1) is 26.9. The third-order valence-electron chi connectivity index (χ3n) is 5.49. The van der Waals surface area contributed by atoms with E-state index in [0.29, 0.717) is 28.7 Å². The summed E-state index contributed by atoms with van der Waals surface area (Å²) in [5, 5.41) is 36.4. The van der Waals surface area contributed by atoms with Crippen molar-refractivity contribution in [1.82, 2.24) is 15.6 Å². The van der Waals surface area contributed by atoms with Crippen LogP contribution < -0.4 is 10.6 Å². The number of carbonyl (C=O) groups excluding carboxylic acids is 1. The minimum Gasteiger partial charge on any atom is -0.506 e. The number of hydrogen-bond acceptors (Lipinski definition) is 6. The molecule has 2 unspecified atom stereocenters. The molecule has 0 aliphatic rings. The van der Waals surface area contributed by atoms with E-state index in [2.05, 4.69) is 15.6 Å². The number of halogens is 2. The molecule has 0 bridgehead atoms. The number of amides is 1. The van der Waals surface area contributed by atoms with Crippen molar-refractivity contribution in [3.63, 3.8) is 0 Å². The van der Waals surface area contributed by atoms with Crippen LogP contribution in [0.1, 0.15) is 41.1 Å². The molecule has 0 radical (unpaired) electrons. The summed E-state index contributed by atoms with van der Waals surface area (Å²) < 4.78 is 0. The van der Waals surface area contributed by atoms with Crippen LogP contribution in [-0.2, 0) is 30.8 Å². The topological polar surface area (TPSA) is 115 Å². The molecule has 3 rings (SSSR count). The quantitative estimate of drug-likeness (QED) is 0.265. The van der Waals surface area contributed by atoms with Crippen molar-refractivity contribution >= 4 is 29.1 Å². The van der Waals surface area contributed by atoms with Gasteiger partial charge in [-0.25, -0.2) is 4.98 Å². The fourth-order valence-electron chi connectivity index (χ4n) is 3.62. The molecule has 0 fully saturated rings. The summed E-state index contributed by atoms with van der Waals surface area (Å²) in [5.41, 5.74) is 3.36. The van der Waals surface area contributed by atoms with Gasteiger partial charge in [-0.15, -0.1) is 0 Å². The molecule has 7 nitrogen and oxygen atoms in total. The molecule has 0 saturated heterocycles. The maximum absolute atomic E-state index is 12.4. The second-order valence-corrected chi connectivity index (χ2v) is 9.23. The van der Waals surface area contributed by atoms with Gasteiger partial charge in [0, 0.05) is 19.1 Å². The molecule has 1 amide bonds. The van der Waals surface area contributed by atoms with E-state index in [-0.39, 0.29) is 36.4 Å². The van der Waals surface area contributed by atoms with Crippen LogP contribution in [0, 0.1) is 0 Å². The highest BCUT2D eigenvalue weighted by molar-refractivity contribution is 6.42. The Kier molecular flexibility index (Phi) is 9.89. The van der Waals surface area contributed by atoms with Crippen LogP contribution in [0.3, 0.4) is 0 Å². The zero-order chi connectivity index (χ0) is 25.4. The van der Waals surface area contributed by atoms with E-state index in [1.165, 1.54) is 12.1 Å². The van der Waals surface area contributed by atoms with E-state index in [1.807, 2.05) is 37.3 Å². The summed E-state index contributed by atoms with van der Waals surface area (Å²) in [4.78, 5) is 16.5. The fourth-order valence-corrected chi connectivity index (χ4v) is 3.94. The molecule has 0 spiro atoms. The number of benzene rings is 2. The molecule has 0 aliphatic heterocycles. The Hall–Kier alpha value is -2.68. The number of hydrogen-bond donors (Lipinski definition) is 5. The third-order valence-corrected chi connectivity index (χ3v) is 6.23. The van der Waals surface area contributed by atoms with Gasteiger partial charge in [0.25, 0.3) is 0 Å². The van der Waals surface area contributed by atoms with Crippen molar-refractivity contribution in [2.75, 3.05) is 6.54 Å². The largest absolute Gasteiger partial charge is 0.506 e. The van der Waals surface area contributed by atoms with Crippen molar-refractivity contribution in [2.24, 2.45) is 0 Å². The van der Waals surface area contributed by atoms with Gasteiger partial charge < -0.3 is 26.0 Å². The number of aromatic nitrogens is 1. The fraction of sp³-hybridized carbons (Fsp3) is 0.308. The lowest BCUT2D eigenvalue weighted by atomic mass is 10.0. The summed E-state index contributed by atoms with van der Waals surface area (Å²) >= 11 is 11.9. The lowest BCUT2D eigenvalue weighted by Gasteiger charge is -2.18. The number of carbonyl (C=O) groups is 1. The van der Waals surface area contributed by atoms with Crippen molar-refractivity contribution in [1.29, 1.82) is 0 Å². The maximum Gasteiger partial charge on any atom is 0.224 e. The minimum atomic E-state index is -0.881. The molecule has 0 aliphatic carbocycles. The predicted molar refractivity (Wildman–Crippen MR) is 136 cm³/mol. The number of rotatable bonds is 11. The second kappa shape index (κ2) is 12.9. The van der Waals surface area contributed by atoms with Crippen LogP contribution in [0.25, 0.3) is 0 Å². The number of aliphatic hydroxyl groups excluding tert-OH is 2. The molecule has 2 aromatic carbocycles. The molecule has 9 heteroatoms. The van der Waals surface area contributed by atoms with Gasteiger partial charge in [-0.2, -0.15) is 0 Å². The Balaban J connectivity index is 1.48. The van der Waals surface area contributed by atoms with Crippen molar-refractivity contribution in [2.45, 2.75) is 45.1 Å². The molecule has 1 heterocycles. The zero-order valence-electron chi connectivity index (χ0n) is 19.3. The SMILES string of the molecule is CC(Cc1cccc(CC(=O)NCc2ccc(Cl)c(Cl)c2)c1)NCC(O)c1ccc(O)c(CO)n1. The Morgan fingerprint density at radius 2 is 1.80 bits per heavy atom. The van der Waals surface area contributed by atoms with Gasteiger partial charge in [0.2, 0.25) is 5.91 Å². The van der Waals surface area contributed by atoms with Gasteiger partial charge in [0.15, 0.2) is 0 Å². The lowest BCUT2D eigenvalue weighted by Crippen LogP contribution is -2.32. The van der Waals surface area contributed by atoms with Gasteiger partial charge in [-0.3, -0.25) is 4.79 Å². The summed E-state index contributed by atoms with van der Waals surface area (Å²) in [6.07, 6.45) is 0.0834. The van der Waals surface area contributed by atoms with Crippen LogP contribution >= 0.6 is 23.2 Å². The lowest BCUT2D eigenvalue weighted by molar-refractivity contribution is -0.120. The summed E-state index contributed by atoms with van der Waals surface area (Å²) in [7, 11) is 0. The van der Waals surface area contributed by atoms with Gasteiger partial charge >= 0.3 is 0 Å². The molecule has 5 N–H and O–H groups in total. The number of aromatic hydroxyl groups is 1. The number of nitrogens with one attached hydrogen (secondary N) is 2. The highest BCUT2D eigenvalue weighted by Gasteiger charge is 2.14. The molecule has 1 aromatic heterocycles. The molecular weight excluding hydrogens is 489 g/mol. The highest BCUT2D eigenvalue weighted by atomic mass is 35.5. The van der Waals surface area contributed by atoms with Crippen LogP contribution in [0.4, 0.5) is 0 Å². The van der Waals surface area contributed by atoms with Gasteiger partial charge in [-0.1, -0.05) is 53.5 Å². The van der Waals surface area contributed by atoms with E-state index in [0.717, 1.165) is 16.7 Å². The molecule has 2 atom stereocenters. The van der Waals surface area contributed by atoms with Gasteiger partial charge in [0.05, 0.1) is 28.8 Å². The molecule has 0 saturated carbocycles. The smallest absolute Gasteiger partial charge is 0.224 e. The van der Waals surface area contributed by atoms with E-state index in [9.17, 15) is 20.1 Å². The Morgan fingerprint density at radius 1 is 1.03 bits per heavy atom. The Bertz CT molecular complexity index is 1160. The molecule has 186 valence electrons. The van der Waals surface area contributed by atoms with E-state index in [4.69, 9.17) is 23.2 Å². The Morgan fingerprint density at radius 3 is 2.54 bits per heavy atom. The average Bonchev–Trinajstić information content (AvgIpc) is 2.83. The first-order chi connectivity index (χ1) is 16.7. The van der Waals surface area contributed by atoms with E-state index >= 15 is 0 Å². The predicted octanol–water partition coefficient (Wildman–Crippen LogP) is 3.70. The van der Waals surface area contributed by atoms with Gasteiger partial charge in [0.1, 0.15) is 17.5 Å². The van der Waals surface area contributed by atoms with Crippen LogP contribution in [0.15, 0.2) is 54.6 Å². The minimum absolute atomic E-state index is 0.0535. The van der Waals surface area contributed by atoms with Crippen LogP contribution in [-0.4, -0.2) is 38.8 Å². The monoisotopic (exact) mass is 517 g/mol. The number of aliphatic hydroxyl groups is 2. The van der Waals surface area contributed by atoms with E-state index in [1.54, 1.807) is 12.1 Å². The first-order valence-corrected chi connectivity index (χ1v) is 12.0. The molecular formula is C26H29Cl2N3O4. The zero-order valence-corrected chi connectivity index (χ0v) is 20.9. The first-order valence-electron chi connectivity index (χ1n) is 11.2. The number of pyridine rings is 1. The summed E-state index contributed by atoms with van der Waals surface area (Å²) in [5.74, 6) is -0.195. The molecule has 35 heavy (non-hydrogen) atoms.